The van der Waals surface area contributed by atoms with Gasteiger partial charge in [-0.2, -0.15) is 4.31 Å². The first-order valence-electron chi connectivity index (χ1n) is 10.5. The highest BCUT2D eigenvalue weighted by atomic mass is 32.2. The van der Waals surface area contributed by atoms with Gasteiger partial charge in [-0.25, -0.2) is 18.2 Å². The van der Waals surface area contributed by atoms with Crippen LogP contribution in [0.15, 0.2) is 42.6 Å². The monoisotopic (exact) mass is 461 g/mol. The van der Waals surface area contributed by atoms with Crippen molar-refractivity contribution in [2.75, 3.05) is 73.4 Å². The molecule has 0 saturated carbocycles. The van der Waals surface area contributed by atoms with Crippen LogP contribution in [0.1, 0.15) is 0 Å². The van der Waals surface area contributed by atoms with Crippen molar-refractivity contribution in [3.8, 4) is 0 Å². The van der Waals surface area contributed by atoms with Crippen molar-refractivity contribution >= 4 is 39.0 Å². The Bertz CT molecular complexity index is 1050. The average molecular weight is 462 g/mol. The number of rotatable bonds is 6. The molecule has 1 saturated heterocycles. The van der Waals surface area contributed by atoms with Gasteiger partial charge >= 0.3 is 6.09 Å². The zero-order chi connectivity index (χ0) is 22.7. The van der Waals surface area contributed by atoms with E-state index in [4.69, 9.17) is 4.74 Å². The number of para-hydroxylation sites is 2. The summed E-state index contributed by atoms with van der Waals surface area (Å²) in [6, 6.07) is 11.3. The van der Waals surface area contributed by atoms with Crippen molar-refractivity contribution in [2.24, 2.45) is 0 Å². The highest BCUT2D eigenvalue weighted by molar-refractivity contribution is 7.89. The first-order chi connectivity index (χ1) is 15.4. The first kappa shape index (κ1) is 22.3. The standard InChI is InChI=1S/C21H27N5O5S/c1-31-14-15-32(29,30)24-10-8-23(9-11-24)17-6-7-20(22-16-17)25-12-13-26(21(27)28)19-5-3-2-4-18(19)25/h2-7,16H,8-15H2,1H3,(H,27,28). The maximum Gasteiger partial charge on any atom is 0.411 e. The minimum Gasteiger partial charge on any atom is -0.465 e. The molecule has 32 heavy (non-hydrogen) atoms. The number of hydrogen-bond acceptors (Lipinski definition) is 7. The van der Waals surface area contributed by atoms with Crippen molar-refractivity contribution in [1.82, 2.24) is 9.29 Å². The second-order valence-electron chi connectivity index (χ2n) is 7.64. The maximum absolute atomic E-state index is 12.3. The third kappa shape index (κ3) is 4.50. The highest BCUT2D eigenvalue weighted by Gasteiger charge is 2.29. The number of methoxy groups -OCH3 is 1. The van der Waals surface area contributed by atoms with Gasteiger partial charge in [-0.15, -0.1) is 0 Å². The van der Waals surface area contributed by atoms with E-state index in [-0.39, 0.29) is 12.4 Å². The van der Waals surface area contributed by atoms with Crippen molar-refractivity contribution in [3.63, 3.8) is 0 Å². The lowest BCUT2D eigenvalue weighted by atomic mass is 10.1. The van der Waals surface area contributed by atoms with Crippen LogP contribution in [-0.4, -0.2) is 87.6 Å². The lowest BCUT2D eigenvalue weighted by Gasteiger charge is -2.37. The van der Waals surface area contributed by atoms with Gasteiger partial charge in [0.15, 0.2) is 0 Å². The Kier molecular flexibility index (Phi) is 6.49. The number of hydrogen-bond donors (Lipinski definition) is 1. The van der Waals surface area contributed by atoms with Gasteiger partial charge in [0, 0.05) is 46.4 Å². The van der Waals surface area contributed by atoms with E-state index in [0.29, 0.717) is 45.0 Å². The van der Waals surface area contributed by atoms with Gasteiger partial charge in [0.05, 0.1) is 35.6 Å². The molecule has 10 nitrogen and oxygen atoms in total. The van der Waals surface area contributed by atoms with Gasteiger partial charge in [-0.3, -0.25) is 4.90 Å². The number of nitrogens with zero attached hydrogens (tertiary/aromatic N) is 5. The maximum atomic E-state index is 12.3. The van der Waals surface area contributed by atoms with E-state index < -0.39 is 16.1 Å². The lowest BCUT2D eigenvalue weighted by Crippen LogP contribution is -2.49. The lowest BCUT2D eigenvalue weighted by molar-refractivity contribution is 0.201. The van der Waals surface area contributed by atoms with Crippen LogP contribution in [0.2, 0.25) is 0 Å². The van der Waals surface area contributed by atoms with E-state index in [0.717, 1.165) is 17.2 Å². The number of carbonyl (C=O) groups is 1. The summed E-state index contributed by atoms with van der Waals surface area (Å²) in [6.45, 7) is 3.10. The predicted molar refractivity (Wildman–Crippen MR) is 123 cm³/mol. The molecule has 2 aromatic rings. The fraction of sp³-hybridized carbons (Fsp3) is 0.429. The number of sulfonamides is 1. The molecule has 0 spiro atoms. The number of benzene rings is 1. The van der Waals surface area contributed by atoms with Gasteiger partial charge in [-0.05, 0) is 24.3 Å². The Balaban J connectivity index is 1.44. The summed E-state index contributed by atoms with van der Waals surface area (Å²) >= 11 is 0. The fourth-order valence-electron chi connectivity index (χ4n) is 4.07. The van der Waals surface area contributed by atoms with Gasteiger partial charge in [-0.1, -0.05) is 12.1 Å². The fourth-order valence-corrected chi connectivity index (χ4v) is 5.42. The summed E-state index contributed by atoms with van der Waals surface area (Å²) in [4.78, 5) is 21.7. The summed E-state index contributed by atoms with van der Waals surface area (Å²) in [6.07, 6.45) is 0.820. The second kappa shape index (κ2) is 9.31. The van der Waals surface area contributed by atoms with Crippen molar-refractivity contribution in [2.45, 2.75) is 0 Å². The molecule has 1 N–H and O–H groups in total. The second-order valence-corrected chi connectivity index (χ2v) is 9.73. The van der Waals surface area contributed by atoms with Crippen LogP contribution in [0.25, 0.3) is 0 Å². The van der Waals surface area contributed by atoms with E-state index >= 15 is 0 Å². The number of carboxylic acid groups (broad SMARTS) is 1. The summed E-state index contributed by atoms with van der Waals surface area (Å²) in [5.41, 5.74) is 2.37. The van der Waals surface area contributed by atoms with E-state index in [1.54, 1.807) is 12.3 Å². The van der Waals surface area contributed by atoms with Crippen LogP contribution in [0.4, 0.5) is 27.7 Å². The zero-order valence-electron chi connectivity index (χ0n) is 17.9. The number of pyridine rings is 1. The molecule has 0 atom stereocenters. The van der Waals surface area contributed by atoms with Crippen LogP contribution in [-0.2, 0) is 14.8 Å². The SMILES string of the molecule is COCCS(=O)(=O)N1CCN(c2ccc(N3CCN(C(=O)O)c4ccccc43)nc2)CC1. The van der Waals surface area contributed by atoms with Gasteiger partial charge in [0.25, 0.3) is 0 Å². The molecule has 0 radical (unpaired) electrons. The number of aromatic nitrogens is 1. The summed E-state index contributed by atoms with van der Waals surface area (Å²) in [5.74, 6) is 0.739. The number of fused-ring (bicyclic) bond motifs is 1. The van der Waals surface area contributed by atoms with Crippen LogP contribution < -0.4 is 14.7 Å². The van der Waals surface area contributed by atoms with Crippen LogP contribution in [0.3, 0.4) is 0 Å². The molecular formula is C21H27N5O5S. The third-order valence-corrected chi connectivity index (χ3v) is 7.63. The molecular weight excluding hydrogens is 434 g/mol. The van der Waals surface area contributed by atoms with E-state index in [1.165, 1.54) is 16.3 Å². The van der Waals surface area contributed by atoms with Gasteiger partial charge in [0.1, 0.15) is 5.82 Å². The molecule has 1 aromatic heterocycles. The Morgan fingerprint density at radius 1 is 1.03 bits per heavy atom. The molecule has 2 aliphatic heterocycles. The zero-order valence-corrected chi connectivity index (χ0v) is 18.7. The van der Waals surface area contributed by atoms with E-state index in [1.807, 2.05) is 35.2 Å². The molecule has 1 aromatic carbocycles. The molecule has 4 rings (SSSR count). The number of piperazine rings is 1. The molecule has 172 valence electrons. The molecule has 1 amide bonds. The molecule has 0 aliphatic carbocycles. The average Bonchev–Trinajstić information content (AvgIpc) is 2.82. The van der Waals surface area contributed by atoms with Crippen LogP contribution >= 0.6 is 0 Å². The molecule has 1 fully saturated rings. The van der Waals surface area contributed by atoms with Crippen LogP contribution in [0, 0.1) is 0 Å². The van der Waals surface area contributed by atoms with Crippen LogP contribution in [0.5, 0.6) is 0 Å². The number of amides is 1. The van der Waals surface area contributed by atoms with Gasteiger partial charge in [0.2, 0.25) is 10.0 Å². The normalized spacial score (nSPS) is 17.3. The number of ether oxygens (including phenoxy) is 1. The molecule has 11 heteroatoms. The molecule has 0 unspecified atom stereocenters. The smallest absolute Gasteiger partial charge is 0.411 e. The highest BCUT2D eigenvalue weighted by Crippen LogP contribution is 2.37. The molecule has 2 aliphatic rings. The Morgan fingerprint density at radius 2 is 1.75 bits per heavy atom. The van der Waals surface area contributed by atoms with Crippen molar-refractivity contribution in [3.05, 3.63) is 42.6 Å². The topological polar surface area (TPSA) is 107 Å². The minimum atomic E-state index is -3.30. The molecule has 3 heterocycles. The van der Waals surface area contributed by atoms with E-state index in [2.05, 4.69) is 9.88 Å². The Hall–Kier alpha value is -2.89. The summed E-state index contributed by atoms with van der Waals surface area (Å²) in [7, 11) is -1.80. The summed E-state index contributed by atoms with van der Waals surface area (Å²) in [5, 5.41) is 9.47. The summed E-state index contributed by atoms with van der Waals surface area (Å²) < 4.78 is 31.1. The minimum absolute atomic E-state index is 0.00360. The predicted octanol–water partition coefficient (Wildman–Crippen LogP) is 1.82. The van der Waals surface area contributed by atoms with Crippen molar-refractivity contribution in [1.29, 1.82) is 0 Å². The third-order valence-electron chi connectivity index (χ3n) is 5.79. The van der Waals surface area contributed by atoms with E-state index in [9.17, 15) is 18.3 Å². The Labute approximate surface area is 187 Å². The Morgan fingerprint density at radius 3 is 2.38 bits per heavy atom. The largest absolute Gasteiger partial charge is 0.465 e. The molecule has 0 bridgehead atoms. The first-order valence-corrected chi connectivity index (χ1v) is 12.1. The van der Waals surface area contributed by atoms with Gasteiger partial charge < -0.3 is 19.6 Å². The number of anilines is 4. The van der Waals surface area contributed by atoms with Crippen molar-refractivity contribution < 1.29 is 23.1 Å². The quantitative estimate of drug-likeness (QED) is 0.694.